The van der Waals surface area contributed by atoms with Crippen LogP contribution in [0.5, 0.6) is 0 Å². The van der Waals surface area contributed by atoms with Crippen molar-refractivity contribution < 1.29 is 4.79 Å². The highest BCUT2D eigenvalue weighted by molar-refractivity contribution is 7.21. The molecule has 1 aromatic carbocycles. The molecule has 8 heteroatoms. The van der Waals surface area contributed by atoms with Crippen LogP contribution >= 0.6 is 34.5 Å². The summed E-state index contributed by atoms with van der Waals surface area (Å²) in [6.07, 6.45) is 0. The highest BCUT2D eigenvalue weighted by Gasteiger charge is 2.18. The van der Waals surface area contributed by atoms with Crippen LogP contribution in [-0.4, -0.2) is 21.1 Å². The van der Waals surface area contributed by atoms with Crippen LogP contribution in [0.25, 0.3) is 10.1 Å². The molecule has 0 atom stereocenters. The molecule has 0 aliphatic heterocycles. The summed E-state index contributed by atoms with van der Waals surface area (Å²) in [4.78, 5) is 16.6. The van der Waals surface area contributed by atoms with Gasteiger partial charge in [-0.15, -0.1) is 16.4 Å². The number of aryl methyl sites for hydroxylation is 1. The number of rotatable bonds is 2. The Morgan fingerprint density at radius 2 is 2.20 bits per heavy atom. The number of carbonyl (C=O) groups is 1. The Kier molecular flexibility index (Phi) is 3.37. The second-order valence-corrected chi connectivity index (χ2v) is 5.95. The smallest absolute Gasteiger partial charge is 0.269 e. The minimum absolute atomic E-state index is 0.221. The van der Waals surface area contributed by atoms with Gasteiger partial charge in [-0.25, -0.2) is 0 Å². The zero-order valence-electron chi connectivity index (χ0n) is 10.2. The van der Waals surface area contributed by atoms with Gasteiger partial charge in [0, 0.05) is 15.1 Å². The molecule has 0 radical (unpaired) electrons. The van der Waals surface area contributed by atoms with Gasteiger partial charge >= 0.3 is 0 Å². The molecule has 2 N–H and O–H groups in total. The Bertz CT molecular complexity index is 811. The van der Waals surface area contributed by atoms with Crippen LogP contribution in [0.4, 0.5) is 5.95 Å². The van der Waals surface area contributed by atoms with Gasteiger partial charge in [0.05, 0.1) is 5.02 Å². The average molecular weight is 327 g/mol. The number of carbonyl (C=O) groups excluding carboxylic acids is 1. The molecule has 2 heterocycles. The molecule has 0 saturated heterocycles. The first kappa shape index (κ1) is 13.4. The van der Waals surface area contributed by atoms with Crippen molar-refractivity contribution in [1.82, 2.24) is 15.2 Å². The quantitative estimate of drug-likeness (QED) is 0.750. The van der Waals surface area contributed by atoms with Crippen LogP contribution < -0.4 is 5.32 Å². The van der Waals surface area contributed by atoms with E-state index in [1.807, 2.05) is 0 Å². The van der Waals surface area contributed by atoms with Gasteiger partial charge in [-0.3, -0.25) is 15.2 Å². The van der Waals surface area contributed by atoms with Gasteiger partial charge in [0.25, 0.3) is 5.91 Å². The van der Waals surface area contributed by atoms with Crippen LogP contribution in [0.3, 0.4) is 0 Å². The van der Waals surface area contributed by atoms with Crippen molar-refractivity contribution in [3.05, 3.63) is 38.9 Å². The molecule has 0 saturated carbocycles. The van der Waals surface area contributed by atoms with Gasteiger partial charge in [0.15, 0.2) is 0 Å². The molecule has 102 valence electrons. The maximum absolute atomic E-state index is 12.2. The number of amides is 1. The van der Waals surface area contributed by atoms with E-state index in [1.54, 1.807) is 25.1 Å². The summed E-state index contributed by atoms with van der Waals surface area (Å²) < 4.78 is 0.860. The summed E-state index contributed by atoms with van der Waals surface area (Å²) in [5.41, 5.74) is 0. The zero-order valence-corrected chi connectivity index (χ0v) is 12.5. The summed E-state index contributed by atoms with van der Waals surface area (Å²) in [5, 5.41) is 10.9. The Labute approximate surface area is 127 Å². The summed E-state index contributed by atoms with van der Waals surface area (Å²) >= 11 is 13.4. The minimum Gasteiger partial charge on any atom is -0.288 e. The fourth-order valence-corrected chi connectivity index (χ4v) is 3.43. The van der Waals surface area contributed by atoms with E-state index in [0.717, 1.165) is 10.1 Å². The average Bonchev–Trinajstić information content (AvgIpc) is 2.94. The van der Waals surface area contributed by atoms with Gasteiger partial charge in [-0.2, -0.15) is 4.98 Å². The van der Waals surface area contributed by atoms with Crippen molar-refractivity contribution in [2.24, 2.45) is 0 Å². The van der Waals surface area contributed by atoms with Gasteiger partial charge in [-0.1, -0.05) is 29.3 Å². The zero-order chi connectivity index (χ0) is 14.3. The largest absolute Gasteiger partial charge is 0.288 e. The molecule has 0 spiro atoms. The van der Waals surface area contributed by atoms with Crippen molar-refractivity contribution in [3.63, 3.8) is 0 Å². The van der Waals surface area contributed by atoms with Crippen molar-refractivity contribution in [3.8, 4) is 0 Å². The summed E-state index contributed by atoms with van der Waals surface area (Å²) in [6.45, 7) is 1.75. The molecule has 5 nitrogen and oxygen atoms in total. The number of aromatic amines is 1. The number of hydrogen-bond donors (Lipinski definition) is 2. The third-order valence-corrected chi connectivity index (χ3v) is 4.51. The van der Waals surface area contributed by atoms with Crippen LogP contribution in [-0.2, 0) is 0 Å². The molecule has 3 aromatic rings. The monoisotopic (exact) mass is 326 g/mol. The lowest BCUT2D eigenvalue weighted by Gasteiger charge is -1.97. The summed E-state index contributed by atoms with van der Waals surface area (Å²) in [6, 6.07) is 5.31. The van der Waals surface area contributed by atoms with Crippen LogP contribution in [0.15, 0.2) is 18.2 Å². The fourth-order valence-electron chi connectivity index (χ4n) is 1.74. The molecule has 0 bridgehead atoms. The highest BCUT2D eigenvalue weighted by Crippen LogP contribution is 2.36. The first-order valence-corrected chi connectivity index (χ1v) is 7.20. The lowest BCUT2D eigenvalue weighted by atomic mass is 10.2. The molecule has 0 aliphatic rings. The summed E-state index contributed by atoms with van der Waals surface area (Å²) in [5.74, 6) is 0.500. The number of anilines is 1. The molecular weight excluding hydrogens is 319 g/mol. The Morgan fingerprint density at radius 3 is 2.90 bits per heavy atom. The third-order valence-electron chi connectivity index (χ3n) is 2.62. The van der Waals surface area contributed by atoms with Gasteiger partial charge in [-0.05, 0) is 19.1 Å². The molecule has 0 unspecified atom stereocenters. The lowest BCUT2D eigenvalue weighted by Crippen LogP contribution is -2.11. The number of aromatic nitrogens is 3. The molecule has 1 amide bonds. The first-order chi connectivity index (χ1) is 9.54. The normalized spacial score (nSPS) is 10.9. The topological polar surface area (TPSA) is 70.7 Å². The van der Waals surface area contributed by atoms with E-state index in [2.05, 4.69) is 20.5 Å². The standard InChI is InChI=1S/C12H8Cl2N4OS/c1-5-15-12(18-17-5)16-11(19)10-9(14)7-3-2-6(13)4-8(7)20-10/h2-4H,1H3,(H2,15,16,17,18,19). The van der Waals surface area contributed by atoms with Crippen molar-refractivity contribution in [2.75, 3.05) is 5.32 Å². The van der Waals surface area contributed by atoms with E-state index in [4.69, 9.17) is 23.2 Å². The van der Waals surface area contributed by atoms with Gasteiger partial charge < -0.3 is 0 Å². The third kappa shape index (κ3) is 2.37. The lowest BCUT2D eigenvalue weighted by molar-refractivity contribution is 0.103. The molecule has 2 aromatic heterocycles. The van der Waals surface area contributed by atoms with E-state index < -0.39 is 0 Å². The van der Waals surface area contributed by atoms with Crippen LogP contribution in [0, 0.1) is 6.92 Å². The highest BCUT2D eigenvalue weighted by atomic mass is 35.5. The van der Waals surface area contributed by atoms with E-state index in [1.165, 1.54) is 11.3 Å². The predicted octanol–water partition coefficient (Wildman–Crippen LogP) is 3.89. The van der Waals surface area contributed by atoms with Crippen molar-refractivity contribution in [2.45, 2.75) is 6.92 Å². The number of fused-ring (bicyclic) bond motifs is 1. The van der Waals surface area contributed by atoms with Crippen molar-refractivity contribution >= 4 is 56.5 Å². The number of nitrogens with zero attached hydrogens (tertiary/aromatic N) is 2. The van der Waals surface area contributed by atoms with E-state index in [0.29, 0.717) is 20.7 Å². The molecule has 0 fully saturated rings. The SMILES string of the molecule is Cc1nc(NC(=O)c2sc3cc(Cl)ccc3c2Cl)n[nH]1. The molecule has 20 heavy (non-hydrogen) atoms. The van der Waals surface area contributed by atoms with E-state index in [-0.39, 0.29) is 11.9 Å². The van der Waals surface area contributed by atoms with E-state index in [9.17, 15) is 4.79 Å². The van der Waals surface area contributed by atoms with Gasteiger partial charge in [0.1, 0.15) is 10.7 Å². The second kappa shape index (κ2) is 5.05. The Morgan fingerprint density at radius 1 is 1.40 bits per heavy atom. The fraction of sp³-hybridized carbons (Fsp3) is 0.0833. The minimum atomic E-state index is -0.341. The Hall–Kier alpha value is -1.63. The molecular formula is C12H8Cl2N4OS. The maximum atomic E-state index is 12.2. The predicted molar refractivity (Wildman–Crippen MR) is 80.9 cm³/mol. The number of nitrogens with one attached hydrogen (secondary N) is 2. The van der Waals surface area contributed by atoms with Crippen molar-refractivity contribution in [1.29, 1.82) is 0 Å². The van der Waals surface area contributed by atoms with Gasteiger partial charge in [0.2, 0.25) is 5.95 Å². The first-order valence-electron chi connectivity index (χ1n) is 5.62. The molecule has 3 rings (SSSR count). The maximum Gasteiger partial charge on any atom is 0.269 e. The number of thiophene rings is 1. The number of hydrogen-bond acceptors (Lipinski definition) is 4. The number of H-pyrrole nitrogens is 1. The Balaban J connectivity index is 1.97. The number of benzene rings is 1. The van der Waals surface area contributed by atoms with Crippen LogP contribution in [0.1, 0.15) is 15.5 Å². The number of halogens is 2. The summed E-state index contributed by atoms with van der Waals surface area (Å²) in [7, 11) is 0. The van der Waals surface area contributed by atoms with E-state index >= 15 is 0 Å². The molecule has 0 aliphatic carbocycles. The van der Waals surface area contributed by atoms with Crippen LogP contribution in [0.2, 0.25) is 10.0 Å². The second-order valence-electron chi connectivity index (χ2n) is 4.08.